The van der Waals surface area contributed by atoms with Crippen molar-refractivity contribution in [2.24, 2.45) is 0 Å². The molecule has 106 valence electrons. The first-order valence-electron chi connectivity index (χ1n) is 5.81. The van der Waals surface area contributed by atoms with E-state index in [9.17, 15) is 18.0 Å². The molecule has 0 unspecified atom stereocenters. The standard InChI is InChI=1S/C14H6BrF3N2O/c15-7-5-8(16)10(12(18)11(7)17)13-19-9-4-2-1-3-6(9)14(21)20-13/h1-5H,(H,19,20,21). The van der Waals surface area contributed by atoms with Gasteiger partial charge in [0.25, 0.3) is 5.56 Å². The maximum atomic E-state index is 13.9. The summed E-state index contributed by atoms with van der Waals surface area (Å²) in [5.41, 5.74) is -1.00. The second-order valence-electron chi connectivity index (χ2n) is 4.27. The highest BCUT2D eigenvalue weighted by atomic mass is 79.9. The maximum Gasteiger partial charge on any atom is 0.259 e. The minimum absolute atomic E-state index is 0.262. The van der Waals surface area contributed by atoms with Gasteiger partial charge in [0.05, 0.1) is 20.9 Å². The monoisotopic (exact) mass is 354 g/mol. The average molecular weight is 355 g/mol. The lowest BCUT2D eigenvalue weighted by molar-refractivity contribution is 0.493. The van der Waals surface area contributed by atoms with Crippen molar-refractivity contribution in [1.29, 1.82) is 0 Å². The molecule has 1 heterocycles. The van der Waals surface area contributed by atoms with Crippen LogP contribution in [-0.4, -0.2) is 9.97 Å². The van der Waals surface area contributed by atoms with Gasteiger partial charge in [-0.25, -0.2) is 18.2 Å². The van der Waals surface area contributed by atoms with E-state index in [1.54, 1.807) is 12.1 Å². The second-order valence-corrected chi connectivity index (χ2v) is 5.13. The summed E-state index contributed by atoms with van der Waals surface area (Å²) < 4.78 is 41.1. The topological polar surface area (TPSA) is 45.8 Å². The predicted molar refractivity (Wildman–Crippen MR) is 75.4 cm³/mol. The first-order chi connectivity index (χ1) is 9.99. The van der Waals surface area contributed by atoms with Crippen molar-refractivity contribution in [3.63, 3.8) is 0 Å². The molecule has 0 saturated carbocycles. The Morgan fingerprint density at radius 2 is 1.81 bits per heavy atom. The van der Waals surface area contributed by atoms with Crippen LogP contribution in [-0.2, 0) is 0 Å². The van der Waals surface area contributed by atoms with E-state index < -0.39 is 28.6 Å². The molecular weight excluding hydrogens is 349 g/mol. The molecular formula is C14H6BrF3N2O. The summed E-state index contributed by atoms with van der Waals surface area (Å²) in [5.74, 6) is -4.05. The van der Waals surface area contributed by atoms with Crippen molar-refractivity contribution >= 4 is 26.8 Å². The third kappa shape index (κ3) is 2.23. The van der Waals surface area contributed by atoms with Gasteiger partial charge in [-0.1, -0.05) is 12.1 Å². The summed E-state index contributed by atoms with van der Waals surface area (Å²) in [5, 5.41) is 0.277. The zero-order chi connectivity index (χ0) is 15.1. The van der Waals surface area contributed by atoms with Crippen LogP contribution in [0.25, 0.3) is 22.3 Å². The Labute approximate surface area is 124 Å². The number of hydrogen-bond acceptors (Lipinski definition) is 2. The van der Waals surface area contributed by atoms with Gasteiger partial charge in [-0.3, -0.25) is 4.79 Å². The van der Waals surface area contributed by atoms with Crippen molar-refractivity contribution in [2.45, 2.75) is 0 Å². The molecule has 0 aliphatic heterocycles. The number of halogens is 4. The van der Waals surface area contributed by atoms with Crippen molar-refractivity contribution in [3.05, 3.63) is 62.6 Å². The van der Waals surface area contributed by atoms with Gasteiger partial charge in [-0.05, 0) is 34.1 Å². The smallest absolute Gasteiger partial charge is 0.259 e. The quantitative estimate of drug-likeness (QED) is 0.534. The fraction of sp³-hybridized carbons (Fsp3) is 0. The average Bonchev–Trinajstić information content (AvgIpc) is 2.45. The van der Waals surface area contributed by atoms with Crippen molar-refractivity contribution in [2.75, 3.05) is 0 Å². The summed E-state index contributed by atoms with van der Waals surface area (Å²) in [4.78, 5) is 18.2. The largest absolute Gasteiger partial charge is 0.306 e. The van der Waals surface area contributed by atoms with E-state index in [0.717, 1.165) is 6.07 Å². The minimum atomic E-state index is -1.42. The molecule has 21 heavy (non-hydrogen) atoms. The molecule has 0 spiro atoms. The number of nitrogens with one attached hydrogen (secondary N) is 1. The number of fused-ring (bicyclic) bond motifs is 1. The maximum absolute atomic E-state index is 13.9. The molecule has 0 fully saturated rings. The van der Waals surface area contributed by atoms with E-state index in [1.165, 1.54) is 12.1 Å². The number of para-hydroxylation sites is 1. The Kier molecular flexibility index (Phi) is 3.29. The normalized spacial score (nSPS) is 11.0. The first kappa shape index (κ1) is 13.8. The molecule has 2 aromatic carbocycles. The highest BCUT2D eigenvalue weighted by molar-refractivity contribution is 9.10. The first-order valence-corrected chi connectivity index (χ1v) is 6.60. The number of rotatable bonds is 1. The number of benzene rings is 2. The Morgan fingerprint density at radius 1 is 1.10 bits per heavy atom. The van der Waals surface area contributed by atoms with E-state index in [-0.39, 0.29) is 21.2 Å². The van der Waals surface area contributed by atoms with Gasteiger partial charge in [0.2, 0.25) is 0 Å². The summed E-state index contributed by atoms with van der Waals surface area (Å²) >= 11 is 2.71. The third-order valence-electron chi connectivity index (χ3n) is 2.96. The Morgan fingerprint density at radius 3 is 2.57 bits per heavy atom. The van der Waals surface area contributed by atoms with Crippen LogP contribution < -0.4 is 5.56 Å². The molecule has 0 radical (unpaired) electrons. The van der Waals surface area contributed by atoms with Crippen LogP contribution in [0.2, 0.25) is 0 Å². The summed E-state index contributed by atoms with van der Waals surface area (Å²) in [7, 11) is 0. The van der Waals surface area contributed by atoms with E-state index >= 15 is 0 Å². The van der Waals surface area contributed by atoms with E-state index in [0.29, 0.717) is 0 Å². The lowest BCUT2D eigenvalue weighted by Crippen LogP contribution is -2.11. The van der Waals surface area contributed by atoms with Gasteiger partial charge in [-0.15, -0.1) is 0 Å². The predicted octanol–water partition coefficient (Wildman–Crippen LogP) is 3.77. The highest BCUT2D eigenvalue weighted by Gasteiger charge is 2.21. The summed E-state index contributed by atoms with van der Waals surface area (Å²) in [6.45, 7) is 0. The molecule has 1 N–H and O–H groups in total. The lowest BCUT2D eigenvalue weighted by Gasteiger charge is -2.07. The lowest BCUT2D eigenvalue weighted by atomic mass is 10.1. The van der Waals surface area contributed by atoms with Gasteiger partial charge in [0, 0.05) is 0 Å². The minimum Gasteiger partial charge on any atom is -0.306 e. The number of aromatic amines is 1. The van der Waals surface area contributed by atoms with Gasteiger partial charge in [-0.2, -0.15) is 0 Å². The van der Waals surface area contributed by atoms with Gasteiger partial charge in [0.1, 0.15) is 11.6 Å². The van der Waals surface area contributed by atoms with Gasteiger partial charge < -0.3 is 4.98 Å². The molecule has 3 nitrogen and oxygen atoms in total. The van der Waals surface area contributed by atoms with Crippen molar-refractivity contribution < 1.29 is 13.2 Å². The van der Waals surface area contributed by atoms with Crippen LogP contribution in [0.1, 0.15) is 0 Å². The van der Waals surface area contributed by atoms with Gasteiger partial charge >= 0.3 is 0 Å². The Hall–Kier alpha value is -2.15. The molecule has 3 rings (SSSR count). The fourth-order valence-corrected chi connectivity index (χ4v) is 2.36. The number of nitrogens with zero attached hydrogens (tertiary/aromatic N) is 1. The van der Waals surface area contributed by atoms with Crippen LogP contribution in [0.5, 0.6) is 0 Å². The van der Waals surface area contributed by atoms with Crippen LogP contribution in [0.4, 0.5) is 13.2 Å². The van der Waals surface area contributed by atoms with Crippen molar-refractivity contribution in [1.82, 2.24) is 9.97 Å². The molecule has 0 saturated heterocycles. The molecule has 7 heteroatoms. The zero-order valence-corrected chi connectivity index (χ0v) is 11.8. The van der Waals surface area contributed by atoms with E-state index in [2.05, 4.69) is 25.9 Å². The molecule has 0 aliphatic carbocycles. The molecule has 0 aliphatic rings. The molecule has 3 aromatic rings. The van der Waals surface area contributed by atoms with Crippen LogP contribution in [0.15, 0.2) is 39.6 Å². The van der Waals surface area contributed by atoms with Crippen molar-refractivity contribution in [3.8, 4) is 11.4 Å². The summed E-state index contributed by atoms with van der Waals surface area (Å²) in [6.07, 6.45) is 0. The van der Waals surface area contributed by atoms with Crippen LogP contribution >= 0.6 is 15.9 Å². The van der Waals surface area contributed by atoms with Gasteiger partial charge in [0.15, 0.2) is 11.6 Å². The van der Waals surface area contributed by atoms with E-state index in [4.69, 9.17) is 0 Å². The number of H-pyrrole nitrogens is 1. The fourth-order valence-electron chi connectivity index (χ4n) is 1.99. The highest BCUT2D eigenvalue weighted by Crippen LogP contribution is 2.29. The van der Waals surface area contributed by atoms with E-state index in [1.807, 2.05) is 0 Å². The molecule has 0 amide bonds. The van der Waals surface area contributed by atoms with Crippen LogP contribution in [0, 0.1) is 17.5 Å². The third-order valence-corrected chi connectivity index (χ3v) is 3.54. The summed E-state index contributed by atoms with van der Waals surface area (Å²) in [6, 6.07) is 7.11. The molecule has 0 atom stereocenters. The Bertz CT molecular complexity index is 924. The Balaban J connectivity index is 2.36. The SMILES string of the molecule is O=c1[nH]c(-c2c(F)cc(Br)c(F)c2F)nc2ccccc12. The zero-order valence-electron chi connectivity index (χ0n) is 10.3. The number of hydrogen-bond donors (Lipinski definition) is 1. The molecule has 1 aromatic heterocycles. The molecule has 0 bridgehead atoms. The van der Waals surface area contributed by atoms with Crippen LogP contribution in [0.3, 0.4) is 0 Å². The second kappa shape index (κ2) is 5.00. The number of aromatic nitrogens is 2.